The molecule has 0 aliphatic rings. The number of hydrogen-bond acceptors (Lipinski definition) is 5. The number of nitrogens with one attached hydrogen (secondary N) is 1. The first-order valence-corrected chi connectivity index (χ1v) is 8.17. The van der Waals surface area contributed by atoms with Crippen molar-refractivity contribution in [3.8, 4) is 0 Å². The molecule has 0 radical (unpaired) electrons. The minimum Gasteiger partial charge on any atom is -0.379 e. The van der Waals surface area contributed by atoms with E-state index in [1.54, 1.807) is 29.5 Å². The molecule has 18 heavy (non-hydrogen) atoms. The molecule has 1 aromatic carbocycles. The number of rotatable bonds is 4. The van der Waals surface area contributed by atoms with Gasteiger partial charge in [0, 0.05) is 17.3 Å². The highest BCUT2D eigenvalue weighted by atomic mass is 32.2. The van der Waals surface area contributed by atoms with Gasteiger partial charge in [-0.1, -0.05) is 6.07 Å². The van der Waals surface area contributed by atoms with Crippen LogP contribution in [0.3, 0.4) is 0 Å². The van der Waals surface area contributed by atoms with E-state index in [1.165, 1.54) is 6.26 Å². The minimum absolute atomic E-state index is 0.321. The van der Waals surface area contributed by atoms with E-state index in [9.17, 15) is 8.42 Å². The highest BCUT2D eigenvalue weighted by molar-refractivity contribution is 7.90. The molecular formula is C12H14N2O2S2. The number of anilines is 1. The fraction of sp³-hybridized carbons (Fsp3) is 0.250. The van der Waals surface area contributed by atoms with Crippen LogP contribution in [0.4, 0.5) is 5.69 Å². The molecule has 1 aromatic heterocycles. The van der Waals surface area contributed by atoms with Gasteiger partial charge in [-0.2, -0.15) is 0 Å². The predicted molar refractivity (Wildman–Crippen MR) is 73.7 cm³/mol. The standard InChI is InChI=1S/C12H14N2O2S2/c1-9-14-11(8-17-9)7-13-10-4-3-5-12(6-10)18(2,15)16/h3-6,8,13H,7H2,1-2H3. The van der Waals surface area contributed by atoms with Crippen molar-refractivity contribution >= 4 is 26.9 Å². The summed E-state index contributed by atoms with van der Waals surface area (Å²) in [6.07, 6.45) is 1.20. The van der Waals surface area contributed by atoms with Gasteiger partial charge in [0.05, 0.1) is 22.1 Å². The number of benzene rings is 1. The van der Waals surface area contributed by atoms with E-state index >= 15 is 0 Å². The maximum absolute atomic E-state index is 11.4. The Morgan fingerprint density at radius 1 is 1.39 bits per heavy atom. The van der Waals surface area contributed by atoms with Crippen LogP contribution in [-0.2, 0) is 16.4 Å². The number of thiazole rings is 1. The van der Waals surface area contributed by atoms with Gasteiger partial charge in [0.25, 0.3) is 0 Å². The van der Waals surface area contributed by atoms with E-state index < -0.39 is 9.84 Å². The topological polar surface area (TPSA) is 59.1 Å². The van der Waals surface area contributed by atoms with Crippen molar-refractivity contribution in [3.63, 3.8) is 0 Å². The Labute approximate surface area is 111 Å². The van der Waals surface area contributed by atoms with Crippen molar-refractivity contribution in [1.82, 2.24) is 4.98 Å². The van der Waals surface area contributed by atoms with Crippen LogP contribution in [0, 0.1) is 6.92 Å². The third-order valence-electron chi connectivity index (χ3n) is 2.40. The molecule has 0 aliphatic carbocycles. The van der Waals surface area contributed by atoms with Crippen molar-refractivity contribution in [1.29, 1.82) is 0 Å². The molecule has 1 heterocycles. The summed E-state index contributed by atoms with van der Waals surface area (Å²) in [6, 6.07) is 6.79. The quantitative estimate of drug-likeness (QED) is 0.936. The zero-order valence-corrected chi connectivity index (χ0v) is 11.8. The Kier molecular flexibility index (Phi) is 3.68. The number of hydrogen-bond donors (Lipinski definition) is 1. The molecule has 96 valence electrons. The van der Waals surface area contributed by atoms with Gasteiger partial charge >= 0.3 is 0 Å². The van der Waals surface area contributed by atoms with Crippen molar-refractivity contribution in [3.05, 3.63) is 40.3 Å². The van der Waals surface area contributed by atoms with E-state index in [1.807, 2.05) is 18.4 Å². The molecule has 0 saturated carbocycles. The fourth-order valence-electron chi connectivity index (χ4n) is 1.52. The Balaban J connectivity index is 2.11. The van der Waals surface area contributed by atoms with Gasteiger partial charge in [-0.15, -0.1) is 11.3 Å². The van der Waals surface area contributed by atoms with Crippen LogP contribution in [0.15, 0.2) is 34.5 Å². The summed E-state index contributed by atoms with van der Waals surface area (Å²) in [4.78, 5) is 4.66. The van der Waals surface area contributed by atoms with Gasteiger partial charge in [0.2, 0.25) is 0 Å². The van der Waals surface area contributed by atoms with Gasteiger partial charge in [-0.25, -0.2) is 13.4 Å². The minimum atomic E-state index is -3.16. The van der Waals surface area contributed by atoms with Crippen molar-refractivity contribution in [2.45, 2.75) is 18.4 Å². The Morgan fingerprint density at radius 2 is 2.17 bits per heavy atom. The summed E-state index contributed by atoms with van der Waals surface area (Å²) in [6.45, 7) is 2.55. The second-order valence-electron chi connectivity index (χ2n) is 4.01. The maximum Gasteiger partial charge on any atom is 0.175 e. The summed E-state index contributed by atoms with van der Waals surface area (Å²) in [5.41, 5.74) is 1.74. The van der Waals surface area contributed by atoms with Gasteiger partial charge in [-0.3, -0.25) is 0 Å². The second kappa shape index (κ2) is 5.07. The summed E-state index contributed by atoms with van der Waals surface area (Å²) in [5.74, 6) is 0. The predicted octanol–water partition coefficient (Wildman–Crippen LogP) is 2.47. The first kappa shape index (κ1) is 13.0. The van der Waals surface area contributed by atoms with E-state index in [0.29, 0.717) is 11.4 Å². The smallest absolute Gasteiger partial charge is 0.175 e. The first-order chi connectivity index (χ1) is 8.45. The van der Waals surface area contributed by atoms with Crippen molar-refractivity contribution in [2.75, 3.05) is 11.6 Å². The van der Waals surface area contributed by atoms with Crippen LogP contribution >= 0.6 is 11.3 Å². The Morgan fingerprint density at radius 3 is 2.78 bits per heavy atom. The highest BCUT2D eigenvalue weighted by Gasteiger charge is 2.07. The highest BCUT2D eigenvalue weighted by Crippen LogP contribution is 2.16. The molecule has 0 atom stereocenters. The molecule has 0 fully saturated rings. The number of aryl methyl sites for hydroxylation is 1. The largest absolute Gasteiger partial charge is 0.379 e. The van der Waals surface area contributed by atoms with E-state index in [2.05, 4.69) is 10.3 Å². The molecule has 0 amide bonds. The molecule has 0 spiro atoms. The van der Waals surface area contributed by atoms with Gasteiger partial charge in [-0.05, 0) is 25.1 Å². The molecule has 4 nitrogen and oxygen atoms in total. The maximum atomic E-state index is 11.4. The van der Waals surface area contributed by atoms with Crippen LogP contribution < -0.4 is 5.32 Å². The zero-order chi connectivity index (χ0) is 13.2. The summed E-state index contributed by atoms with van der Waals surface area (Å²) >= 11 is 1.60. The van der Waals surface area contributed by atoms with Gasteiger partial charge in [0.1, 0.15) is 0 Å². The molecule has 6 heteroatoms. The summed E-state index contributed by atoms with van der Waals surface area (Å²) in [5, 5.41) is 6.18. The average Bonchev–Trinajstić information content (AvgIpc) is 2.72. The van der Waals surface area contributed by atoms with Crippen molar-refractivity contribution in [2.24, 2.45) is 0 Å². The lowest BCUT2D eigenvalue weighted by molar-refractivity contribution is 0.602. The first-order valence-electron chi connectivity index (χ1n) is 5.40. The SMILES string of the molecule is Cc1nc(CNc2cccc(S(C)(=O)=O)c2)cs1. The molecule has 2 aromatic rings. The number of sulfone groups is 1. The number of nitrogens with zero attached hydrogens (tertiary/aromatic N) is 1. The molecule has 2 rings (SSSR count). The lowest BCUT2D eigenvalue weighted by Crippen LogP contribution is -2.02. The zero-order valence-electron chi connectivity index (χ0n) is 10.2. The average molecular weight is 282 g/mol. The Bertz CT molecular complexity index is 648. The third-order valence-corrected chi connectivity index (χ3v) is 4.33. The normalized spacial score (nSPS) is 11.4. The van der Waals surface area contributed by atoms with Crippen LogP contribution in [0.1, 0.15) is 10.7 Å². The monoisotopic (exact) mass is 282 g/mol. The van der Waals surface area contributed by atoms with E-state index in [0.717, 1.165) is 16.4 Å². The lowest BCUT2D eigenvalue weighted by Gasteiger charge is -2.06. The van der Waals surface area contributed by atoms with Crippen LogP contribution in [0.2, 0.25) is 0 Å². The number of aromatic nitrogens is 1. The molecule has 0 unspecified atom stereocenters. The second-order valence-corrected chi connectivity index (χ2v) is 7.09. The van der Waals surface area contributed by atoms with Gasteiger partial charge in [0.15, 0.2) is 9.84 Å². The van der Waals surface area contributed by atoms with Crippen molar-refractivity contribution < 1.29 is 8.42 Å². The van der Waals surface area contributed by atoms with Crippen LogP contribution in [0.5, 0.6) is 0 Å². The fourth-order valence-corrected chi connectivity index (χ4v) is 2.80. The van der Waals surface area contributed by atoms with E-state index in [4.69, 9.17) is 0 Å². The summed E-state index contributed by atoms with van der Waals surface area (Å²) < 4.78 is 22.8. The summed E-state index contributed by atoms with van der Waals surface area (Å²) in [7, 11) is -3.16. The van der Waals surface area contributed by atoms with Crippen LogP contribution in [0.25, 0.3) is 0 Å². The van der Waals surface area contributed by atoms with Gasteiger partial charge < -0.3 is 5.32 Å². The van der Waals surface area contributed by atoms with E-state index in [-0.39, 0.29) is 0 Å². The molecule has 0 bridgehead atoms. The molecule has 0 aliphatic heterocycles. The van der Waals surface area contributed by atoms with Crippen LogP contribution in [-0.4, -0.2) is 19.7 Å². The molecule has 0 saturated heterocycles. The molecule has 1 N–H and O–H groups in total. The Hall–Kier alpha value is -1.40. The third kappa shape index (κ3) is 3.30. The molecular weight excluding hydrogens is 268 g/mol. The lowest BCUT2D eigenvalue weighted by atomic mass is 10.3.